The topological polar surface area (TPSA) is 66.1 Å². The predicted octanol–water partition coefficient (Wildman–Crippen LogP) is 2.61. The number of benzene rings is 1. The number of hydrogen-bond acceptors (Lipinski definition) is 4. The predicted molar refractivity (Wildman–Crippen MR) is 102 cm³/mol. The highest BCUT2D eigenvalue weighted by Gasteiger charge is 2.08. The normalized spacial score (nSPS) is 13.1. The van der Waals surface area contributed by atoms with Gasteiger partial charge in [-0.15, -0.1) is 0 Å². The molecule has 2 N–H and O–H groups in total. The highest BCUT2D eigenvalue weighted by Crippen LogP contribution is 2.16. The van der Waals surface area contributed by atoms with E-state index in [4.69, 9.17) is 10.4 Å². The Balaban J connectivity index is 2.64. The third-order valence-electron chi connectivity index (χ3n) is 4.00. The minimum Gasteiger partial charge on any atom is -0.338 e. The first-order chi connectivity index (χ1) is 11.5. The van der Waals surface area contributed by atoms with Crippen molar-refractivity contribution in [1.82, 2.24) is 9.55 Å². The zero-order valence-electron chi connectivity index (χ0n) is 14.8. The lowest BCUT2D eigenvalue weighted by atomic mass is 10.1. The molecule has 0 spiro atoms. The summed E-state index contributed by atoms with van der Waals surface area (Å²) in [6, 6.07) is 7.66. The van der Waals surface area contributed by atoms with Gasteiger partial charge in [-0.1, -0.05) is 38.6 Å². The maximum atomic E-state index is 7.58. The lowest BCUT2D eigenvalue weighted by Gasteiger charge is -2.11. The molecule has 0 bridgehead atoms. The fourth-order valence-electron chi connectivity index (χ4n) is 2.19. The monoisotopic (exact) mass is 323 g/mol. The Morgan fingerprint density at radius 2 is 2.12 bits per heavy atom. The first kappa shape index (κ1) is 17.7. The minimum absolute atomic E-state index is 0.335. The van der Waals surface area contributed by atoms with Crippen LogP contribution in [-0.4, -0.2) is 21.5 Å². The summed E-state index contributed by atoms with van der Waals surface area (Å²) < 4.78 is 1.99. The van der Waals surface area contributed by atoms with Crippen LogP contribution in [0, 0.1) is 11.3 Å². The molecule has 1 aromatic heterocycles. The van der Waals surface area contributed by atoms with Crippen molar-refractivity contribution in [3.05, 3.63) is 46.9 Å². The first-order valence-electron chi connectivity index (χ1n) is 8.14. The molecule has 0 saturated heterocycles. The third-order valence-corrected chi connectivity index (χ3v) is 4.00. The Bertz CT molecular complexity index is 858. The van der Waals surface area contributed by atoms with E-state index in [0.29, 0.717) is 11.7 Å². The van der Waals surface area contributed by atoms with E-state index in [1.807, 2.05) is 35.8 Å². The van der Waals surface area contributed by atoms with Crippen molar-refractivity contribution in [1.29, 1.82) is 5.41 Å². The standard InChI is InChI=1S/C19H25N5/c1-6-24-12-21-18(15(24)5)19(22-14(4)13(2)3)23-17-10-8-7-9-16(17)11-20/h7-13,20,23H,5-6H2,1-4H3/b19-18-,20-11?,22-14?. The fraction of sp³-hybridized carbons (Fsp3) is 0.316. The van der Waals surface area contributed by atoms with Crippen LogP contribution in [0.25, 0.3) is 12.4 Å². The molecule has 0 unspecified atom stereocenters. The molecular formula is C19H25N5. The van der Waals surface area contributed by atoms with Crippen molar-refractivity contribution in [2.45, 2.75) is 34.2 Å². The van der Waals surface area contributed by atoms with Crippen LogP contribution in [0.4, 0.5) is 5.69 Å². The summed E-state index contributed by atoms with van der Waals surface area (Å²) in [6.07, 6.45) is 3.11. The van der Waals surface area contributed by atoms with Gasteiger partial charge in [-0.2, -0.15) is 0 Å². The van der Waals surface area contributed by atoms with Gasteiger partial charge in [0.15, 0.2) is 5.82 Å². The Labute approximate surface area is 143 Å². The molecule has 2 rings (SSSR count). The van der Waals surface area contributed by atoms with E-state index in [1.54, 1.807) is 6.33 Å². The van der Waals surface area contributed by atoms with Crippen molar-refractivity contribution in [3.63, 3.8) is 0 Å². The summed E-state index contributed by atoms with van der Waals surface area (Å²) >= 11 is 0. The maximum absolute atomic E-state index is 7.58. The number of para-hydroxylation sites is 1. The minimum atomic E-state index is 0.335. The molecule has 24 heavy (non-hydrogen) atoms. The van der Waals surface area contributed by atoms with Gasteiger partial charge in [-0.25, -0.2) is 9.98 Å². The maximum Gasteiger partial charge on any atom is 0.158 e. The van der Waals surface area contributed by atoms with E-state index in [1.165, 1.54) is 6.21 Å². The summed E-state index contributed by atoms with van der Waals surface area (Å²) in [6.45, 7) is 13.2. The van der Waals surface area contributed by atoms with Crippen LogP contribution in [-0.2, 0) is 6.54 Å². The average Bonchev–Trinajstić information content (AvgIpc) is 2.95. The number of nitrogens with zero attached hydrogens (tertiary/aromatic N) is 3. The van der Waals surface area contributed by atoms with E-state index >= 15 is 0 Å². The van der Waals surface area contributed by atoms with E-state index < -0.39 is 0 Å². The number of aromatic nitrogens is 2. The molecule has 126 valence electrons. The summed E-state index contributed by atoms with van der Waals surface area (Å²) in [5, 5.41) is 12.5. The van der Waals surface area contributed by atoms with Crippen molar-refractivity contribution < 1.29 is 0 Å². The molecule has 0 atom stereocenters. The number of hydrogen-bond donors (Lipinski definition) is 2. The van der Waals surface area contributed by atoms with Crippen molar-refractivity contribution >= 4 is 30.0 Å². The summed E-state index contributed by atoms with van der Waals surface area (Å²) in [7, 11) is 0. The summed E-state index contributed by atoms with van der Waals surface area (Å²) in [4.78, 5) is 9.24. The number of nitrogens with one attached hydrogen (secondary N) is 2. The van der Waals surface area contributed by atoms with E-state index in [-0.39, 0.29) is 0 Å². The number of imidazole rings is 1. The molecule has 0 saturated carbocycles. The molecule has 1 heterocycles. The van der Waals surface area contributed by atoms with Gasteiger partial charge in [0, 0.05) is 29.7 Å². The van der Waals surface area contributed by atoms with Crippen LogP contribution in [0.3, 0.4) is 0 Å². The van der Waals surface area contributed by atoms with Crippen molar-refractivity contribution in [2.75, 3.05) is 5.32 Å². The van der Waals surface area contributed by atoms with E-state index in [2.05, 4.69) is 37.7 Å². The van der Waals surface area contributed by atoms with Gasteiger partial charge in [0.05, 0.1) is 11.7 Å². The van der Waals surface area contributed by atoms with Gasteiger partial charge in [-0.05, 0) is 25.8 Å². The van der Waals surface area contributed by atoms with Crippen molar-refractivity contribution in [2.24, 2.45) is 10.9 Å². The van der Waals surface area contributed by atoms with Gasteiger partial charge in [0.25, 0.3) is 0 Å². The van der Waals surface area contributed by atoms with Gasteiger partial charge >= 0.3 is 0 Å². The third kappa shape index (κ3) is 3.79. The molecule has 1 aromatic carbocycles. The zero-order valence-corrected chi connectivity index (χ0v) is 14.8. The molecule has 2 aromatic rings. The SMILES string of the molecule is C=c1/c(=C(\N=C(C)C(C)C)Nc2ccccc2C=N)ncn1CC. The van der Waals surface area contributed by atoms with Gasteiger partial charge < -0.3 is 15.3 Å². The highest BCUT2D eigenvalue weighted by molar-refractivity contribution is 5.91. The van der Waals surface area contributed by atoms with Crippen LogP contribution >= 0.6 is 0 Å². The first-order valence-corrected chi connectivity index (χ1v) is 8.14. The number of rotatable bonds is 6. The van der Waals surface area contributed by atoms with Crippen LogP contribution in [0.5, 0.6) is 0 Å². The largest absolute Gasteiger partial charge is 0.338 e. The molecule has 5 nitrogen and oxygen atoms in total. The molecule has 0 aliphatic carbocycles. The molecule has 5 heteroatoms. The molecule has 0 fully saturated rings. The van der Waals surface area contributed by atoms with Gasteiger partial charge in [0.2, 0.25) is 0 Å². The van der Waals surface area contributed by atoms with Crippen LogP contribution in [0.15, 0.2) is 35.6 Å². The lowest BCUT2D eigenvalue weighted by Crippen LogP contribution is -2.32. The van der Waals surface area contributed by atoms with Crippen LogP contribution in [0.1, 0.15) is 33.3 Å². The Morgan fingerprint density at radius 3 is 2.71 bits per heavy atom. The summed E-state index contributed by atoms with van der Waals surface area (Å²) in [5.74, 6) is 0.994. The van der Waals surface area contributed by atoms with E-state index in [0.717, 1.165) is 34.2 Å². The molecule has 0 amide bonds. The van der Waals surface area contributed by atoms with Crippen molar-refractivity contribution in [3.8, 4) is 0 Å². The van der Waals surface area contributed by atoms with Gasteiger partial charge in [0.1, 0.15) is 5.35 Å². The molecule has 0 aliphatic rings. The lowest BCUT2D eigenvalue weighted by molar-refractivity contribution is 0.740. The van der Waals surface area contributed by atoms with Crippen LogP contribution < -0.4 is 16.0 Å². The highest BCUT2D eigenvalue weighted by atomic mass is 15.1. The van der Waals surface area contributed by atoms with E-state index in [9.17, 15) is 0 Å². The molecule has 0 aliphatic heterocycles. The molecule has 0 radical (unpaired) electrons. The van der Waals surface area contributed by atoms with Gasteiger partial charge in [-0.3, -0.25) is 0 Å². The average molecular weight is 323 g/mol. The Kier molecular flexibility index (Phi) is 5.68. The number of anilines is 1. The zero-order chi connectivity index (χ0) is 17.7. The molecular weight excluding hydrogens is 298 g/mol. The van der Waals surface area contributed by atoms with Crippen LogP contribution in [0.2, 0.25) is 0 Å². The quantitative estimate of drug-likeness (QED) is 0.803. The smallest absolute Gasteiger partial charge is 0.158 e. The Hall–Kier alpha value is -2.69. The second kappa shape index (κ2) is 7.73. The second-order valence-corrected chi connectivity index (χ2v) is 5.94. The second-order valence-electron chi connectivity index (χ2n) is 5.94. The number of aryl methyl sites for hydroxylation is 1. The number of aliphatic imine (C=N–C) groups is 1. The fourth-order valence-corrected chi connectivity index (χ4v) is 2.19. The summed E-state index contributed by atoms with van der Waals surface area (Å²) in [5.41, 5.74) is 2.64. The Morgan fingerprint density at radius 1 is 1.42 bits per heavy atom.